The van der Waals surface area contributed by atoms with Crippen molar-refractivity contribution in [2.75, 3.05) is 12.4 Å². The minimum Gasteiger partial charge on any atom is -0.496 e. The fourth-order valence-electron chi connectivity index (χ4n) is 2.82. The molecular formula is C21H23N3O2. The van der Waals surface area contributed by atoms with Gasteiger partial charge in [0.2, 0.25) is 0 Å². The third kappa shape index (κ3) is 4.64. The number of hydrogen-bond donors (Lipinski definition) is 2. The van der Waals surface area contributed by atoms with E-state index >= 15 is 0 Å². The van der Waals surface area contributed by atoms with Crippen molar-refractivity contribution in [2.45, 2.75) is 27.3 Å². The summed E-state index contributed by atoms with van der Waals surface area (Å²) in [6.07, 6.45) is 1.43. The second-order valence-corrected chi connectivity index (χ2v) is 6.09. The van der Waals surface area contributed by atoms with E-state index in [1.54, 1.807) is 7.11 Å². The Labute approximate surface area is 154 Å². The van der Waals surface area contributed by atoms with Crippen LogP contribution in [0.1, 0.15) is 22.3 Å². The summed E-state index contributed by atoms with van der Waals surface area (Å²) >= 11 is 0. The maximum absolute atomic E-state index is 12.4. The van der Waals surface area contributed by atoms with Gasteiger partial charge in [0.25, 0.3) is 5.91 Å². The van der Waals surface area contributed by atoms with Gasteiger partial charge >= 0.3 is 0 Å². The van der Waals surface area contributed by atoms with Crippen LogP contribution in [0.5, 0.6) is 5.75 Å². The van der Waals surface area contributed by atoms with Crippen molar-refractivity contribution in [3.05, 3.63) is 70.4 Å². The molecule has 2 aromatic rings. The van der Waals surface area contributed by atoms with Crippen LogP contribution < -0.4 is 15.4 Å². The highest BCUT2D eigenvalue weighted by Gasteiger charge is 2.12. The summed E-state index contributed by atoms with van der Waals surface area (Å²) in [6, 6.07) is 13.5. The fourth-order valence-corrected chi connectivity index (χ4v) is 2.82. The van der Waals surface area contributed by atoms with Crippen LogP contribution in [0.3, 0.4) is 0 Å². The summed E-state index contributed by atoms with van der Waals surface area (Å²) in [6.45, 7) is 6.33. The summed E-state index contributed by atoms with van der Waals surface area (Å²) in [7, 11) is 1.61. The number of para-hydroxylation sites is 1. The normalized spacial score (nSPS) is 10.8. The van der Waals surface area contributed by atoms with Crippen LogP contribution >= 0.6 is 0 Å². The van der Waals surface area contributed by atoms with Gasteiger partial charge in [-0.25, -0.2) is 0 Å². The summed E-state index contributed by atoms with van der Waals surface area (Å²) in [5, 5.41) is 15.2. The highest BCUT2D eigenvalue weighted by atomic mass is 16.5. The topological polar surface area (TPSA) is 74.1 Å². The molecule has 0 bridgehead atoms. The Morgan fingerprint density at radius 2 is 1.85 bits per heavy atom. The molecule has 0 saturated carbocycles. The smallest absolute Gasteiger partial charge is 0.267 e. The van der Waals surface area contributed by atoms with Crippen molar-refractivity contribution in [2.24, 2.45) is 0 Å². The quantitative estimate of drug-likeness (QED) is 0.615. The predicted molar refractivity (Wildman–Crippen MR) is 103 cm³/mol. The SMILES string of the molecule is COc1ccccc1CN/C=C(/C#N)C(=O)Nc1c(C)cc(C)cc1C. The molecule has 0 spiro atoms. The first-order chi connectivity index (χ1) is 12.5. The number of aryl methyl sites for hydroxylation is 3. The molecule has 5 nitrogen and oxygen atoms in total. The molecule has 2 N–H and O–H groups in total. The molecule has 1 amide bonds. The Kier molecular flexibility index (Phi) is 6.40. The van der Waals surface area contributed by atoms with E-state index in [0.29, 0.717) is 6.54 Å². The first kappa shape index (κ1) is 19.1. The van der Waals surface area contributed by atoms with Gasteiger partial charge in [-0.05, 0) is 38.0 Å². The molecule has 0 aliphatic heterocycles. The molecule has 0 atom stereocenters. The van der Waals surface area contributed by atoms with Crippen molar-refractivity contribution in [1.29, 1.82) is 5.26 Å². The van der Waals surface area contributed by atoms with Crippen molar-refractivity contribution < 1.29 is 9.53 Å². The lowest BCUT2D eigenvalue weighted by atomic mass is 10.0. The summed E-state index contributed by atoms with van der Waals surface area (Å²) in [5.41, 5.74) is 4.76. The number of rotatable bonds is 6. The molecule has 0 fully saturated rings. The molecule has 0 aliphatic rings. The Morgan fingerprint density at radius 1 is 1.19 bits per heavy atom. The van der Waals surface area contributed by atoms with Gasteiger partial charge in [-0.2, -0.15) is 5.26 Å². The maximum atomic E-state index is 12.4. The number of ether oxygens (including phenoxy) is 1. The number of nitrogens with one attached hydrogen (secondary N) is 2. The lowest BCUT2D eigenvalue weighted by Crippen LogP contribution is -2.18. The van der Waals surface area contributed by atoms with Crippen LogP contribution in [-0.2, 0) is 11.3 Å². The number of methoxy groups -OCH3 is 1. The fraction of sp³-hybridized carbons (Fsp3) is 0.238. The van der Waals surface area contributed by atoms with E-state index in [-0.39, 0.29) is 5.57 Å². The summed E-state index contributed by atoms with van der Waals surface area (Å²) in [4.78, 5) is 12.4. The average molecular weight is 349 g/mol. The molecule has 0 aliphatic carbocycles. The number of anilines is 1. The number of hydrogen-bond acceptors (Lipinski definition) is 4. The van der Waals surface area contributed by atoms with Crippen molar-refractivity contribution in [1.82, 2.24) is 5.32 Å². The largest absolute Gasteiger partial charge is 0.496 e. The number of nitrogens with zero attached hydrogens (tertiary/aromatic N) is 1. The summed E-state index contributed by atoms with van der Waals surface area (Å²) < 4.78 is 5.29. The van der Waals surface area contributed by atoms with Gasteiger partial charge in [-0.1, -0.05) is 35.9 Å². The highest BCUT2D eigenvalue weighted by Crippen LogP contribution is 2.22. The van der Waals surface area contributed by atoms with E-state index in [2.05, 4.69) is 10.6 Å². The molecule has 2 aromatic carbocycles. The van der Waals surface area contributed by atoms with E-state index < -0.39 is 5.91 Å². The number of amides is 1. The van der Waals surface area contributed by atoms with Crippen LogP contribution in [0.15, 0.2) is 48.2 Å². The molecule has 0 unspecified atom stereocenters. The van der Waals surface area contributed by atoms with Crippen LogP contribution in [0.4, 0.5) is 5.69 Å². The number of carbonyl (C=O) groups excluding carboxylic acids is 1. The molecule has 2 rings (SSSR count). The first-order valence-electron chi connectivity index (χ1n) is 8.31. The third-order valence-electron chi connectivity index (χ3n) is 4.01. The molecule has 0 saturated heterocycles. The second kappa shape index (κ2) is 8.72. The molecule has 0 radical (unpaired) electrons. The standard InChI is InChI=1S/C21H23N3O2/c1-14-9-15(2)20(16(3)10-14)24-21(25)18(11-22)13-23-12-17-7-5-6-8-19(17)26-4/h5-10,13,23H,12H2,1-4H3,(H,24,25)/b18-13-. The Morgan fingerprint density at radius 3 is 2.46 bits per heavy atom. The van der Waals surface area contributed by atoms with Gasteiger partial charge < -0.3 is 15.4 Å². The van der Waals surface area contributed by atoms with E-state index in [9.17, 15) is 10.1 Å². The lowest BCUT2D eigenvalue weighted by Gasteiger charge is -2.12. The third-order valence-corrected chi connectivity index (χ3v) is 4.01. The first-order valence-corrected chi connectivity index (χ1v) is 8.31. The zero-order valence-electron chi connectivity index (χ0n) is 15.5. The van der Waals surface area contributed by atoms with Crippen LogP contribution in [0.25, 0.3) is 0 Å². The van der Waals surface area contributed by atoms with Crippen molar-refractivity contribution in [3.63, 3.8) is 0 Å². The number of nitriles is 1. The lowest BCUT2D eigenvalue weighted by molar-refractivity contribution is -0.112. The van der Waals surface area contributed by atoms with E-state index in [0.717, 1.165) is 33.7 Å². The van der Waals surface area contributed by atoms with Crippen LogP contribution in [0, 0.1) is 32.1 Å². The monoisotopic (exact) mass is 349 g/mol. The van der Waals surface area contributed by atoms with E-state index in [4.69, 9.17) is 4.74 Å². The zero-order valence-corrected chi connectivity index (χ0v) is 15.5. The number of benzene rings is 2. The highest BCUT2D eigenvalue weighted by molar-refractivity contribution is 6.07. The Bertz CT molecular complexity index is 856. The van der Waals surface area contributed by atoms with E-state index in [1.807, 2.05) is 63.2 Å². The minimum atomic E-state index is -0.435. The molecule has 0 heterocycles. The maximum Gasteiger partial charge on any atom is 0.267 e. The predicted octanol–water partition coefficient (Wildman–Crippen LogP) is 3.76. The Balaban J connectivity index is 2.09. The minimum absolute atomic E-state index is 0.0132. The van der Waals surface area contributed by atoms with Gasteiger partial charge in [-0.15, -0.1) is 0 Å². The zero-order chi connectivity index (χ0) is 19.1. The van der Waals surface area contributed by atoms with Crippen molar-refractivity contribution >= 4 is 11.6 Å². The van der Waals surface area contributed by atoms with Crippen LogP contribution in [0.2, 0.25) is 0 Å². The van der Waals surface area contributed by atoms with Gasteiger partial charge in [0.1, 0.15) is 17.4 Å². The average Bonchev–Trinajstić information content (AvgIpc) is 2.62. The molecule has 0 aromatic heterocycles. The van der Waals surface area contributed by atoms with Gasteiger partial charge in [0.15, 0.2) is 0 Å². The molecule has 134 valence electrons. The number of carbonyl (C=O) groups is 1. The Hall–Kier alpha value is -3.26. The van der Waals surface area contributed by atoms with Crippen LogP contribution in [-0.4, -0.2) is 13.0 Å². The van der Waals surface area contributed by atoms with Gasteiger partial charge in [0, 0.05) is 24.0 Å². The summed E-state index contributed by atoms with van der Waals surface area (Å²) in [5.74, 6) is 0.317. The molecule has 5 heteroatoms. The second-order valence-electron chi connectivity index (χ2n) is 6.09. The molecular weight excluding hydrogens is 326 g/mol. The van der Waals surface area contributed by atoms with Gasteiger partial charge in [-0.3, -0.25) is 4.79 Å². The van der Waals surface area contributed by atoms with E-state index in [1.165, 1.54) is 6.20 Å². The molecule has 26 heavy (non-hydrogen) atoms. The van der Waals surface area contributed by atoms with Crippen molar-refractivity contribution in [3.8, 4) is 11.8 Å². The van der Waals surface area contributed by atoms with Gasteiger partial charge in [0.05, 0.1) is 7.11 Å².